The summed E-state index contributed by atoms with van der Waals surface area (Å²) in [4.78, 5) is 12.2. The standard InChI is InChI=1S/C23H30N2O4S/c1-3-25(4-2)30(27,28)22-14-11-20(12-15-22)13-16-23(26)24-17-8-18-29-19-21-9-6-5-7-10-21/h5-7,9-16H,3-4,8,17-19H2,1-2H3,(H,24,26)/b16-13+. The van der Waals surface area contributed by atoms with E-state index >= 15 is 0 Å². The number of nitrogens with zero attached hydrogens (tertiary/aromatic N) is 1. The Balaban J connectivity index is 1.73. The van der Waals surface area contributed by atoms with Gasteiger partial charge in [-0.3, -0.25) is 4.79 Å². The monoisotopic (exact) mass is 430 g/mol. The van der Waals surface area contributed by atoms with E-state index in [1.807, 2.05) is 44.2 Å². The second-order valence-electron chi connectivity index (χ2n) is 6.67. The maximum Gasteiger partial charge on any atom is 0.244 e. The SMILES string of the molecule is CCN(CC)S(=O)(=O)c1ccc(/C=C/C(=O)NCCCOCc2ccccc2)cc1. The Kier molecular flexibility index (Phi) is 9.73. The summed E-state index contributed by atoms with van der Waals surface area (Å²) in [7, 11) is -3.47. The van der Waals surface area contributed by atoms with Gasteiger partial charge in [0.2, 0.25) is 15.9 Å². The third kappa shape index (κ3) is 7.40. The Morgan fingerprint density at radius 2 is 1.70 bits per heavy atom. The molecule has 7 heteroatoms. The minimum absolute atomic E-state index is 0.196. The molecule has 2 rings (SSSR count). The van der Waals surface area contributed by atoms with Crippen molar-refractivity contribution >= 4 is 22.0 Å². The lowest BCUT2D eigenvalue weighted by atomic mass is 10.2. The van der Waals surface area contributed by atoms with Crippen molar-refractivity contribution < 1.29 is 17.9 Å². The molecule has 0 unspecified atom stereocenters. The molecule has 30 heavy (non-hydrogen) atoms. The summed E-state index contributed by atoms with van der Waals surface area (Å²) < 4.78 is 32.0. The molecule has 0 aromatic heterocycles. The van der Waals surface area contributed by atoms with Crippen molar-refractivity contribution in [1.29, 1.82) is 0 Å². The van der Waals surface area contributed by atoms with Gasteiger partial charge in [-0.05, 0) is 35.8 Å². The normalized spacial score (nSPS) is 11.8. The summed E-state index contributed by atoms with van der Waals surface area (Å²) in [5.74, 6) is -0.196. The lowest BCUT2D eigenvalue weighted by Gasteiger charge is -2.18. The minimum atomic E-state index is -3.47. The Morgan fingerprint density at radius 1 is 1.03 bits per heavy atom. The van der Waals surface area contributed by atoms with Crippen molar-refractivity contribution in [2.24, 2.45) is 0 Å². The highest BCUT2D eigenvalue weighted by Gasteiger charge is 2.20. The van der Waals surface area contributed by atoms with Gasteiger partial charge in [0.25, 0.3) is 0 Å². The molecule has 1 N–H and O–H groups in total. The summed E-state index contributed by atoms with van der Waals surface area (Å²) in [5, 5.41) is 2.81. The highest BCUT2D eigenvalue weighted by atomic mass is 32.2. The summed E-state index contributed by atoms with van der Waals surface area (Å²) >= 11 is 0. The fourth-order valence-electron chi connectivity index (χ4n) is 2.84. The molecule has 162 valence electrons. The molecule has 0 atom stereocenters. The zero-order chi connectivity index (χ0) is 21.8. The lowest BCUT2D eigenvalue weighted by molar-refractivity contribution is -0.116. The summed E-state index contributed by atoms with van der Waals surface area (Å²) in [6, 6.07) is 16.5. The van der Waals surface area contributed by atoms with Crippen molar-refractivity contribution in [3.8, 4) is 0 Å². The Bertz CT molecular complexity index is 906. The number of hydrogen-bond donors (Lipinski definition) is 1. The van der Waals surface area contributed by atoms with Gasteiger partial charge in [-0.1, -0.05) is 56.3 Å². The van der Waals surface area contributed by atoms with E-state index in [9.17, 15) is 13.2 Å². The van der Waals surface area contributed by atoms with E-state index < -0.39 is 10.0 Å². The average Bonchev–Trinajstić information content (AvgIpc) is 2.76. The van der Waals surface area contributed by atoms with E-state index in [0.29, 0.717) is 32.8 Å². The first-order valence-electron chi connectivity index (χ1n) is 10.1. The van der Waals surface area contributed by atoms with E-state index in [2.05, 4.69) is 5.32 Å². The highest BCUT2D eigenvalue weighted by molar-refractivity contribution is 7.89. The second-order valence-corrected chi connectivity index (χ2v) is 8.61. The molecule has 2 aromatic carbocycles. The smallest absolute Gasteiger partial charge is 0.244 e. The molecule has 0 saturated heterocycles. The molecule has 0 aliphatic heterocycles. The molecule has 0 bridgehead atoms. The summed E-state index contributed by atoms with van der Waals surface area (Å²) in [6.07, 6.45) is 3.83. The Hall–Kier alpha value is -2.48. The molecule has 1 amide bonds. The third-order valence-corrected chi connectivity index (χ3v) is 6.59. The van der Waals surface area contributed by atoms with Crippen LogP contribution < -0.4 is 5.32 Å². The number of rotatable bonds is 12. The van der Waals surface area contributed by atoms with Crippen LogP contribution in [0, 0.1) is 0 Å². The number of sulfonamides is 1. The maximum absolute atomic E-state index is 12.5. The molecule has 0 spiro atoms. The van der Waals surface area contributed by atoms with Crippen LogP contribution in [0.15, 0.2) is 65.6 Å². The minimum Gasteiger partial charge on any atom is -0.377 e. The second kappa shape index (κ2) is 12.3. The summed E-state index contributed by atoms with van der Waals surface area (Å²) in [6.45, 7) is 6.14. The fraction of sp³-hybridized carbons (Fsp3) is 0.348. The van der Waals surface area contributed by atoms with E-state index in [4.69, 9.17) is 4.74 Å². The molecule has 0 aliphatic carbocycles. The predicted octanol–water partition coefficient (Wildman–Crippen LogP) is 3.45. The van der Waals surface area contributed by atoms with Gasteiger partial charge in [0, 0.05) is 32.3 Å². The Labute approximate surface area is 179 Å². The van der Waals surface area contributed by atoms with Gasteiger partial charge >= 0.3 is 0 Å². The molecule has 2 aromatic rings. The average molecular weight is 431 g/mol. The number of carbonyl (C=O) groups excluding carboxylic acids is 1. The zero-order valence-corrected chi connectivity index (χ0v) is 18.4. The van der Waals surface area contributed by atoms with Crippen LogP contribution in [0.25, 0.3) is 6.08 Å². The van der Waals surface area contributed by atoms with Crippen LogP contribution in [0.1, 0.15) is 31.4 Å². The first-order chi connectivity index (χ1) is 14.5. The van der Waals surface area contributed by atoms with E-state index in [0.717, 1.165) is 17.5 Å². The largest absolute Gasteiger partial charge is 0.377 e. The van der Waals surface area contributed by atoms with Gasteiger partial charge in [0.1, 0.15) is 0 Å². The molecule has 6 nitrogen and oxygen atoms in total. The van der Waals surface area contributed by atoms with Crippen molar-refractivity contribution in [3.63, 3.8) is 0 Å². The number of ether oxygens (including phenoxy) is 1. The maximum atomic E-state index is 12.5. The van der Waals surface area contributed by atoms with E-state index in [1.165, 1.54) is 10.4 Å². The van der Waals surface area contributed by atoms with Crippen LogP contribution in [0.3, 0.4) is 0 Å². The molecule has 0 fully saturated rings. The van der Waals surface area contributed by atoms with Crippen molar-refractivity contribution in [2.45, 2.75) is 31.8 Å². The molecular formula is C23H30N2O4S. The highest BCUT2D eigenvalue weighted by Crippen LogP contribution is 2.16. The summed E-state index contributed by atoms with van der Waals surface area (Å²) in [5.41, 5.74) is 1.88. The molecule has 0 heterocycles. The number of benzene rings is 2. The first kappa shape index (κ1) is 23.8. The fourth-order valence-corrected chi connectivity index (χ4v) is 4.30. The van der Waals surface area contributed by atoms with Crippen LogP contribution in [-0.2, 0) is 26.2 Å². The van der Waals surface area contributed by atoms with Gasteiger partial charge in [0.05, 0.1) is 11.5 Å². The van der Waals surface area contributed by atoms with Gasteiger partial charge in [-0.2, -0.15) is 4.31 Å². The number of hydrogen-bond acceptors (Lipinski definition) is 4. The third-order valence-electron chi connectivity index (χ3n) is 4.53. The van der Waals surface area contributed by atoms with Crippen LogP contribution in [0.4, 0.5) is 0 Å². The molecule has 0 radical (unpaired) electrons. The predicted molar refractivity (Wildman–Crippen MR) is 119 cm³/mol. The zero-order valence-electron chi connectivity index (χ0n) is 17.6. The van der Waals surface area contributed by atoms with Crippen molar-refractivity contribution in [1.82, 2.24) is 9.62 Å². The van der Waals surface area contributed by atoms with E-state index in [-0.39, 0.29) is 10.8 Å². The van der Waals surface area contributed by atoms with Gasteiger partial charge < -0.3 is 10.1 Å². The van der Waals surface area contributed by atoms with Gasteiger partial charge in [-0.25, -0.2) is 8.42 Å². The molecule has 0 saturated carbocycles. The van der Waals surface area contributed by atoms with Gasteiger partial charge in [0.15, 0.2) is 0 Å². The van der Waals surface area contributed by atoms with Crippen molar-refractivity contribution in [3.05, 3.63) is 71.8 Å². The molecular weight excluding hydrogens is 400 g/mol. The van der Waals surface area contributed by atoms with Gasteiger partial charge in [-0.15, -0.1) is 0 Å². The van der Waals surface area contributed by atoms with Crippen LogP contribution in [0.5, 0.6) is 0 Å². The lowest BCUT2D eigenvalue weighted by Crippen LogP contribution is -2.30. The van der Waals surface area contributed by atoms with Crippen LogP contribution in [-0.4, -0.2) is 44.9 Å². The van der Waals surface area contributed by atoms with Crippen LogP contribution >= 0.6 is 0 Å². The van der Waals surface area contributed by atoms with Crippen molar-refractivity contribution in [2.75, 3.05) is 26.2 Å². The Morgan fingerprint density at radius 3 is 2.33 bits per heavy atom. The van der Waals surface area contributed by atoms with Crippen LogP contribution in [0.2, 0.25) is 0 Å². The number of amides is 1. The first-order valence-corrected chi connectivity index (χ1v) is 11.6. The number of nitrogens with one attached hydrogen (secondary N) is 1. The number of carbonyl (C=O) groups is 1. The quantitative estimate of drug-likeness (QED) is 0.413. The topological polar surface area (TPSA) is 75.7 Å². The molecule has 0 aliphatic rings. The van der Waals surface area contributed by atoms with E-state index in [1.54, 1.807) is 30.3 Å².